The zero-order valence-electron chi connectivity index (χ0n) is 12.1. The van der Waals surface area contributed by atoms with E-state index in [2.05, 4.69) is 22.9 Å². The minimum Gasteiger partial charge on any atom is -0.392 e. The van der Waals surface area contributed by atoms with Gasteiger partial charge in [0, 0.05) is 24.7 Å². The van der Waals surface area contributed by atoms with Crippen molar-refractivity contribution < 1.29 is 18.3 Å². The lowest BCUT2D eigenvalue weighted by Crippen LogP contribution is -2.46. The summed E-state index contributed by atoms with van der Waals surface area (Å²) in [7, 11) is -1.94. The van der Waals surface area contributed by atoms with Gasteiger partial charge in [0.05, 0.1) is 17.6 Å². The SMILES string of the molecule is COC1CN(S(=O)(=O)c2ccc(CO)cc2Br)CCC1C. The molecule has 0 aromatic heterocycles. The fourth-order valence-electron chi connectivity index (χ4n) is 2.52. The molecule has 118 valence electrons. The van der Waals surface area contributed by atoms with Crippen LogP contribution in [0.2, 0.25) is 0 Å². The molecule has 7 heteroatoms. The van der Waals surface area contributed by atoms with E-state index < -0.39 is 10.0 Å². The summed E-state index contributed by atoms with van der Waals surface area (Å²) in [6, 6.07) is 4.79. The number of hydrogen-bond donors (Lipinski definition) is 1. The standard InChI is InChI=1S/C14H20BrNO4S/c1-10-5-6-16(8-13(10)20-2)21(18,19)14-4-3-11(9-17)7-12(14)15/h3-4,7,10,13,17H,5-6,8-9H2,1-2H3. The number of halogens is 1. The van der Waals surface area contributed by atoms with E-state index in [1.54, 1.807) is 19.2 Å². The van der Waals surface area contributed by atoms with Crippen LogP contribution in [0.3, 0.4) is 0 Å². The van der Waals surface area contributed by atoms with Gasteiger partial charge in [-0.15, -0.1) is 0 Å². The normalized spacial score (nSPS) is 24.2. The van der Waals surface area contributed by atoms with E-state index in [9.17, 15) is 8.42 Å². The number of aliphatic hydroxyl groups is 1. The Morgan fingerprint density at radius 2 is 2.19 bits per heavy atom. The van der Waals surface area contributed by atoms with Crippen molar-refractivity contribution in [1.82, 2.24) is 4.31 Å². The third kappa shape index (κ3) is 3.48. The molecule has 21 heavy (non-hydrogen) atoms. The zero-order valence-corrected chi connectivity index (χ0v) is 14.5. The molecule has 1 aromatic carbocycles. The highest BCUT2D eigenvalue weighted by Gasteiger charge is 2.34. The van der Waals surface area contributed by atoms with Crippen LogP contribution in [0.1, 0.15) is 18.9 Å². The average molecular weight is 378 g/mol. The van der Waals surface area contributed by atoms with Crippen LogP contribution in [-0.2, 0) is 21.4 Å². The lowest BCUT2D eigenvalue weighted by Gasteiger charge is -2.35. The number of nitrogens with zero attached hydrogens (tertiary/aromatic N) is 1. The summed E-state index contributed by atoms with van der Waals surface area (Å²) >= 11 is 3.29. The van der Waals surface area contributed by atoms with E-state index in [1.807, 2.05) is 0 Å². The summed E-state index contributed by atoms with van der Waals surface area (Å²) in [6.07, 6.45) is 0.702. The van der Waals surface area contributed by atoms with E-state index in [-0.39, 0.29) is 17.6 Å². The van der Waals surface area contributed by atoms with E-state index in [4.69, 9.17) is 9.84 Å². The zero-order chi connectivity index (χ0) is 15.6. The molecule has 0 amide bonds. The van der Waals surface area contributed by atoms with Crippen LogP contribution in [0, 0.1) is 5.92 Å². The Kier molecular flexibility index (Phi) is 5.43. The van der Waals surface area contributed by atoms with Crippen molar-refractivity contribution in [1.29, 1.82) is 0 Å². The first-order valence-corrected chi connectivity index (χ1v) is 9.05. The maximum absolute atomic E-state index is 12.8. The molecule has 1 aliphatic rings. The summed E-state index contributed by atoms with van der Waals surface area (Å²) in [5.74, 6) is 0.349. The maximum atomic E-state index is 12.8. The van der Waals surface area contributed by atoms with Crippen molar-refractivity contribution in [3.05, 3.63) is 28.2 Å². The summed E-state index contributed by atoms with van der Waals surface area (Å²) in [4.78, 5) is 0.226. The monoisotopic (exact) mass is 377 g/mol. The lowest BCUT2D eigenvalue weighted by molar-refractivity contribution is 0.0183. The molecule has 1 fully saturated rings. The Labute approximate surface area is 134 Å². The van der Waals surface area contributed by atoms with Crippen molar-refractivity contribution in [2.24, 2.45) is 5.92 Å². The second-order valence-corrected chi connectivity index (χ2v) is 8.09. The van der Waals surface area contributed by atoms with E-state index in [0.717, 1.165) is 6.42 Å². The van der Waals surface area contributed by atoms with Gasteiger partial charge in [-0.3, -0.25) is 0 Å². The van der Waals surface area contributed by atoms with Gasteiger partial charge in [0.25, 0.3) is 0 Å². The Balaban J connectivity index is 2.30. The highest BCUT2D eigenvalue weighted by Crippen LogP contribution is 2.30. The molecule has 2 rings (SSSR count). The quantitative estimate of drug-likeness (QED) is 0.870. The molecular formula is C14H20BrNO4S. The number of rotatable bonds is 4. The predicted octanol–water partition coefficient (Wildman–Crippen LogP) is 1.99. The molecule has 0 saturated carbocycles. The molecule has 1 heterocycles. The van der Waals surface area contributed by atoms with Gasteiger partial charge < -0.3 is 9.84 Å². The van der Waals surface area contributed by atoms with Crippen molar-refractivity contribution >= 4 is 26.0 Å². The van der Waals surface area contributed by atoms with Crippen molar-refractivity contribution in [2.45, 2.75) is 31.0 Å². The van der Waals surface area contributed by atoms with Crippen molar-refractivity contribution in [3.63, 3.8) is 0 Å². The predicted molar refractivity (Wildman–Crippen MR) is 83.4 cm³/mol. The summed E-state index contributed by atoms with van der Waals surface area (Å²) in [6.45, 7) is 2.82. The topological polar surface area (TPSA) is 66.8 Å². The summed E-state index contributed by atoms with van der Waals surface area (Å²) in [5.41, 5.74) is 0.669. The van der Waals surface area contributed by atoms with Crippen LogP contribution in [0.4, 0.5) is 0 Å². The number of hydrogen-bond acceptors (Lipinski definition) is 4. The second-order valence-electron chi connectivity index (χ2n) is 5.33. The molecule has 1 saturated heterocycles. The Morgan fingerprint density at radius 1 is 1.48 bits per heavy atom. The third-order valence-corrected chi connectivity index (χ3v) is 6.79. The van der Waals surface area contributed by atoms with Gasteiger partial charge >= 0.3 is 0 Å². The third-order valence-electron chi connectivity index (χ3n) is 3.95. The van der Waals surface area contributed by atoms with Crippen molar-refractivity contribution in [3.8, 4) is 0 Å². The Bertz CT molecular complexity index is 605. The van der Waals surface area contributed by atoms with Crippen LogP contribution in [-0.4, -0.2) is 44.1 Å². The molecule has 0 spiro atoms. The molecule has 1 aliphatic heterocycles. The Morgan fingerprint density at radius 3 is 2.76 bits per heavy atom. The van der Waals surface area contributed by atoms with Gasteiger partial charge in [-0.1, -0.05) is 13.0 Å². The van der Waals surface area contributed by atoms with Gasteiger partial charge in [0.15, 0.2) is 0 Å². The van der Waals surface area contributed by atoms with Crippen LogP contribution in [0.5, 0.6) is 0 Å². The van der Waals surface area contributed by atoms with Gasteiger partial charge in [0.2, 0.25) is 10.0 Å². The molecular weight excluding hydrogens is 358 g/mol. The van der Waals surface area contributed by atoms with E-state index >= 15 is 0 Å². The lowest BCUT2D eigenvalue weighted by atomic mass is 9.97. The number of aliphatic hydroxyl groups excluding tert-OH is 1. The number of methoxy groups -OCH3 is 1. The molecule has 0 aliphatic carbocycles. The fraction of sp³-hybridized carbons (Fsp3) is 0.571. The van der Waals surface area contributed by atoms with Crippen molar-refractivity contribution in [2.75, 3.05) is 20.2 Å². The van der Waals surface area contributed by atoms with Gasteiger partial charge in [0.1, 0.15) is 0 Å². The summed E-state index contributed by atoms with van der Waals surface area (Å²) < 4.78 is 32.8. The first kappa shape index (κ1) is 16.9. The highest BCUT2D eigenvalue weighted by molar-refractivity contribution is 9.10. The van der Waals surface area contributed by atoms with Gasteiger partial charge in [-0.05, 0) is 46.0 Å². The highest BCUT2D eigenvalue weighted by atomic mass is 79.9. The molecule has 0 bridgehead atoms. The molecule has 2 unspecified atom stereocenters. The number of ether oxygens (including phenoxy) is 1. The average Bonchev–Trinajstić information content (AvgIpc) is 2.47. The summed E-state index contributed by atoms with van der Waals surface area (Å²) in [5, 5.41) is 9.10. The molecule has 5 nitrogen and oxygen atoms in total. The van der Waals surface area contributed by atoms with E-state index in [0.29, 0.717) is 29.0 Å². The van der Waals surface area contributed by atoms with Crippen LogP contribution >= 0.6 is 15.9 Å². The second kappa shape index (κ2) is 6.75. The molecule has 1 N–H and O–H groups in total. The first-order chi connectivity index (χ1) is 9.90. The van der Waals surface area contributed by atoms with Crippen LogP contribution in [0.25, 0.3) is 0 Å². The van der Waals surface area contributed by atoms with Crippen LogP contribution < -0.4 is 0 Å². The largest absolute Gasteiger partial charge is 0.392 e. The minimum atomic E-state index is -3.56. The molecule has 0 radical (unpaired) electrons. The number of piperidine rings is 1. The first-order valence-electron chi connectivity index (χ1n) is 6.82. The number of sulfonamides is 1. The van der Waals surface area contributed by atoms with Gasteiger partial charge in [-0.25, -0.2) is 8.42 Å². The molecule has 1 aromatic rings. The minimum absolute atomic E-state index is 0.0796. The smallest absolute Gasteiger partial charge is 0.244 e. The number of benzene rings is 1. The fourth-order valence-corrected chi connectivity index (χ4v) is 5.07. The van der Waals surface area contributed by atoms with Crippen LogP contribution in [0.15, 0.2) is 27.6 Å². The van der Waals surface area contributed by atoms with E-state index in [1.165, 1.54) is 10.4 Å². The maximum Gasteiger partial charge on any atom is 0.244 e. The molecule has 2 atom stereocenters. The Hall–Kier alpha value is -0.470. The van der Waals surface area contributed by atoms with Gasteiger partial charge in [-0.2, -0.15) is 4.31 Å².